The predicted molar refractivity (Wildman–Crippen MR) is 66.6 cm³/mol. The van der Waals surface area contributed by atoms with Gasteiger partial charge in [0.25, 0.3) is 0 Å². The van der Waals surface area contributed by atoms with E-state index in [2.05, 4.69) is 4.98 Å². The van der Waals surface area contributed by atoms with Gasteiger partial charge in [-0.05, 0) is 24.3 Å². The third-order valence-corrected chi connectivity index (χ3v) is 2.88. The van der Waals surface area contributed by atoms with Gasteiger partial charge in [0.05, 0.1) is 16.8 Å². The predicted octanol–water partition coefficient (Wildman–Crippen LogP) is 4.12. The molecule has 1 aromatic carbocycles. The zero-order valence-electron chi connectivity index (χ0n) is 9.78. The van der Waals surface area contributed by atoms with E-state index in [0.29, 0.717) is 11.3 Å². The quantitative estimate of drug-likeness (QED) is 0.849. The molecule has 1 N–H and O–H groups in total. The van der Waals surface area contributed by atoms with Crippen molar-refractivity contribution in [1.29, 1.82) is 0 Å². The minimum Gasteiger partial charge on any atom is -0.478 e. The van der Waals surface area contributed by atoms with Gasteiger partial charge in [-0.1, -0.05) is 23.7 Å². The van der Waals surface area contributed by atoms with Crippen molar-refractivity contribution in [2.75, 3.05) is 0 Å². The number of aromatic carboxylic acids is 1. The number of hydrogen-bond donors (Lipinski definition) is 1. The van der Waals surface area contributed by atoms with Gasteiger partial charge < -0.3 is 5.11 Å². The summed E-state index contributed by atoms with van der Waals surface area (Å²) in [6.07, 6.45) is -4.41. The molecular weight excluding hydrogens is 295 g/mol. The molecule has 0 bridgehead atoms. The van der Waals surface area contributed by atoms with Crippen molar-refractivity contribution in [3.05, 3.63) is 52.7 Å². The molecule has 0 saturated heterocycles. The summed E-state index contributed by atoms with van der Waals surface area (Å²) >= 11 is 5.71. The molecule has 1 heterocycles. The minimum absolute atomic E-state index is 0.165. The standard InChI is InChI=1S/C13H7ClF3NO2/c14-11-9(12(19)20)5-6-10(18-11)7-1-3-8(4-2-7)13(15,16)17/h1-6H,(H,19,20). The number of carbonyl (C=O) groups is 1. The highest BCUT2D eigenvalue weighted by molar-refractivity contribution is 6.32. The molecule has 0 atom stereocenters. The van der Waals surface area contributed by atoms with Gasteiger partial charge in [-0.3, -0.25) is 0 Å². The molecule has 0 unspecified atom stereocenters. The summed E-state index contributed by atoms with van der Waals surface area (Å²) in [5, 5.41) is 8.59. The molecule has 2 rings (SSSR count). The average molecular weight is 302 g/mol. The van der Waals surface area contributed by atoms with E-state index in [1.807, 2.05) is 0 Å². The molecule has 0 aliphatic heterocycles. The van der Waals surface area contributed by atoms with Crippen LogP contribution in [0.3, 0.4) is 0 Å². The number of halogens is 4. The molecule has 0 fully saturated rings. The Hall–Kier alpha value is -2.08. The van der Waals surface area contributed by atoms with Crippen LogP contribution in [0.25, 0.3) is 11.3 Å². The van der Waals surface area contributed by atoms with Crippen molar-refractivity contribution in [3.8, 4) is 11.3 Å². The topological polar surface area (TPSA) is 50.2 Å². The number of benzene rings is 1. The Morgan fingerprint density at radius 3 is 2.15 bits per heavy atom. The maximum absolute atomic E-state index is 12.4. The Labute approximate surface area is 116 Å². The largest absolute Gasteiger partial charge is 0.478 e. The van der Waals surface area contributed by atoms with Crippen LogP contribution in [0, 0.1) is 0 Å². The van der Waals surface area contributed by atoms with E-state index in [1.54, 1.807) is 0 Å². The molecular formula is C13H7ClF3NO2. The number of aromatic nitrogens is 1. The summed E-state index contributed by atoms with van der Waals surface area (Å²) in [6.45, 7) is 0. The maximum atomic E-state index is 12.4. The fourth-order valence-corrected chi connectivity index (χ4v) is 1.82. The van der Waals surface area contributed by atoms with Crippen LogP contribution < -0.4 is 0 Å². The molecule has 1 aromatic heterocycles. The molecule has 0 aliphatic rings. The van der Waals surface area contributed by atoms with Crippen LogP contribution in [0.5, 0.6) is 0 Å². The first-order chi connectivity index (χ1) is 9.29. The van der Waals surface area contributed by atoms with Crippen LogP contribution in [0.2, 0.25) is 5.15 Å². The lowest BCUT2D eigenvalue weighted by Crippen LogP contribution is -2.04. The maximum Gasteiger partial charge on any atom is 0.416 e. The Morgan fingerprint density at radius 2 is 1.70 bits per heavy atom. The molecule has 3 nitrogen and oxygen atoms in total. The van der Waals surface area contributed by atoms with Crippen LogP contribution >= 0.6 is 11.6 Å². The summed E-state index contributed by atoms with van der Waals surface area (Å²) in [7, 11) is 0. The van der Waals surface area contributed by atoms with Crippen molar-refractivity contribution in [2.45, 2.75) is 6.18 Å². The van der Waals surface area contributed by atoms with Crippen molar-refractivity contribution in [1.82, 2.24) is 4.98 Å². The van der Waals surface area contributed by atoms with E-state index in [9.17, 15) is 18.0 Å². The van der Waals surface area contributed by atoms with Gasteiger partial charge in [-0.25, -0.2) is 9.78 Å². The number of nitrogens with zero attached hydrogens (tertiary/aromatic N) is 1. The third kappa shape index (κ3) is 2.91. The van der Waals surface area contributed by atoms with Crippen LogP contribution in [0.4, 0.5) is 13.2 Å². The van der Waals surface area contributed by atoms with E-state index in [1.165, 1.54) is 24.3 Å². The molecule has 20 heavy (non-hydrogen) atoms. The van der Waals surface area contributed by atoms with Gasteiger partial charge in [-0.15, -0.1) is 0 Å². The number of carboxylic acid groups (broad SMARTS) is 1. The van der Waals surface area contributed by atoms with Crippen molar-refractivity contribution < 1.29 is 23.1 Å². The first kappa shape index (κ1) is 14.3. The number of alkyl halides is 3. The first-order valence-corrected chi connectivity index (χ1v) is 5.74. The molecule has 7 heteroatoms. The normalized spacial score (nSPS) is 11.4. The van der Waals surface area contributed by atoms with Gasteiger partial charge in [-0.2, -0.15) is 13.2 Å². The van der Waals surface area contributed by atoms with Gasteiger partial charge in [0.15, 0.2) is 0 Å². The van der Waals surface area contributed by atoms with Gasteiger partial charge in [0, 0.05) is 5.56 Å². The van der Waals surface area contributed by atoms with Crippen molar-refractivity contribution in [3.63, 3.8) is 0 Å². The Balaban J connectivity index is 2.37. The van der Waals surface area contributed by atoms with Crippen molar-refractivity contribution >= 4 is 17.6 Å². The first-order valence-electron chi connectivity index (χ1n) is 5.36. The second-order valence-electron chi connectivity index (χ2n) is 3.92. The van der Waals surface area contributed by atoms with Crippen LogP contribution in [0.1, 0.15) is 15.9 Å². The lowest BCUT2D eigenvalue weighted by molar-refractivity contribution is -0.137. The van der Waals surface area contributed by atoms with Gasteiger partial charge in [0.2, 0.25) is 0 Å². The van der Waals surface area contributed by atoms with Gasteiger partial charge in [0.1, 0.15) is 5.15 Å². The fraction of sp³-hybridized carbons (Fsp3) is 0.0769. The highest BCUT2D eigenvalue weighted by Crippen LogP contribution is 2.31. The van der Waals surface area contributed by atoms with Crippen molar-refractivity contribution in [2.24, 2.45) is 0 Å². The molecule has 0 saturated carbocycles. The Bertz CT molecular complexity index is 654. The minimum atomic E-state index is -4.41. The van der Waals surface area contributed by atoms with E-state index in [-0.39, 0.29) is 10.7 Å². The van der Waals surface area contributed by atoms with Crippen LogP contribution in [-0.2, 0) is 6.18 Å². The number of pyridine rings is 1. The lowest BCUT2D eigenvalue weighted by atomic mass is 10.1. The van der Waals surface area contributed by atoms with E-state index < -0.39 is 17.7 Å². The zero-order valence-corrected chi connectivity index (χ0v) is 10.5. The van der Waals surface area contributed by atoms with E-state index in [0.717, 1.165) is 12.1 Å². The van der Waals surface area contributed by atoms with Gasteiger partial charge >= 0.3 is 12.1 Å². The Morgan fingerprint density at radius 1 is 1.10 bits per heavy atom. The molecule has 0 radical (unpaired) electrons. The molecule has 0 spiro atoms. The third-order valence-electron chi connectivity index (χ3n) is 2.59. The highest BCUT2D eigenvalue weighted by atomic mass is 35.5. The highest BCUT2D eigenvalue weighted by Gasteiger charge is 2.30. The zero-order chi connectivity index (χ0) is 14.9. The molecule has 104 valence electrons. The summed E-state index contributed by atoms with van der Waals surface area (Å²) in [6, 6.07) is 7.00. The number of carboxylic acids is 1. The molecule has 0 aliphatic carbocycles. The summed E-state index contributed by atoms with van der Waals surface area (Å²) in [5.41, 5.74) is -0.220. The smallest absolute Gasteiger partial charge is 0.416 e. The second kappa shape index (κ2) is 5.13. The molecule has 2 aromatic rings. The SMILES string of the molecule is O=C(O)c1ccc(-c2ccc(C(F)(F)F)cc2)nc1Cl. The number of hydrogen-bond acceptors (Lipinski definition) is 2. The molecule has 0 amide bonds. The fourth-order valence-electron chi connectivity index (χ4n) is 1.58. The summed E-state index contributed by atoms with van der Waals surface area (Å²) in [5.74, 6) is -1.22. The van der Waals surface area contributed by atoms with Crippen LogP contribution in [0.15, 0.2) is 36.4 Å². The lowest BCUT2D eigenvalue weighted by Gasteiger charge is -2.08. The van der Waals surface area contributed by atoms with E-state index >= 15 is 0 Å². The average Bonchev–Trinajstić information content (AvgIpc) is 2.37. The van der Waals surface area contributed by atoms with Crippen LogP contribution in [-0.4, -0.2) is 16.1 Å². The second-order valence-corrected chi connectivity index (χ2v) is 4.27. The number of rotatable bonds is 2. The summed E-state index contributed by atoms with van der Waals surface area (Å²) < 4.78 is 37.3. The summed E-state index contributed by atoms with van der Waals surface area (Å²) in [4.78, 5) is 14.6. The monoisotopic (exact) mass is 301 g/mol. The Kier molecular flexibility index (Phi) is 3.67. The van der Waals surface area contributed by atoms with E-state index in [4.69, 9.17) is 16.7 Å².